The summed E-state index contributed by atoms with van der Waals surface area (Å²) in [5.74, 6) is 0.903. The van der Waals surface area contributed by atoms with Gasteiger partial charge in [0.05, 0.1) is 52.0 Å². The summed E-state index contributed by atoms with van der Waals surface area (Å²) < 4.78 is 35.7. The number of hydrogen-bond donors (Lipinski definition) is 1. The van der Waals surface area contributed by atoms with Gasteiger partial charge in [-0.2, -0.15) is 5.10 Å². The largest absolute Gasteiger partial charge is 0.497 e. The Balaban J connectivity index is 1.43. The van der Waals surface area contributed by atoms with Gasteiger partial charge < -0.3 is 29.2 Å². The number of morpholine rings is 1. The number of carbonyl (C=O) groups is 2. The molecule has 3 amide bonds. The SMILES string of the molecule is COc1ccc(C2=NN(C(=O)CN(CCN3CCOCC3)C(=O)Nc3ccccc3OC)[C@H](c3ccc(F)cc3)C2)c(OC)c1. The molecule has 0 spiro atoms. The minimum absolute atomic E-state index is 0.237. The first-order chi connectivity index (χ1) is 21.9. The van der Waals surface area contributed by atoms with Gasteiger partial charge in [-0.25, -0.2) is 14.2 Å². The molecule has 3 aromatic rings. The molecule has 0 aliphatic carbocycles. The van der Waals surface area contributed by atoms with Crippen molar-refractivity contribution in [3.63, 3.8) is 0 Å². The third-order valence-electron chi connectivity index (χ3n) is 7.89. The van der Waals surface area contributed by atoms with E-state index in [1.54, 1.807) is 56.7 Å². The van der Waals surface area contributed by atoms with E-state index in [0.717, 1.165) is 13.1 Å². The zero-order chi connectivity index (χ0) is 31.8. The van der Waals surface area contributed by atoms with Crippen LogP contribution in [0.5, 0.6) is 17.2 Å². The van der Waals surface area contributed by atoms with E-state index in [2.05, 4.69) is 10.2 Å². The maximum Gasteiger partial charge on any atom is 0.322 e. The van der Waals surface area contributed by atoms with Crippen LogP contribution in [0.4, 0.5) is 14.9 Å². The first kappa shape index (κ1) is 31.7. The minimum Gasteiger partial charge on any atom is -0.497 e. The van der Waals surface area contributed by atoms with Crippen molar-refractivity contribution in [1.29, 1.82) is 0 Å². The molecule has 2 aliphatic heterocycles. The predicted molar refractivity (Wildman–Crippen MR) is 168 cm³/mol. The van der Waals surface area contributed by atoms with Crippen LogP contribution in [-0.4, -0.2) is 99.7 Å². The Kier molecular flexibility index (Phi) is 10.5. The molecule has 11 nitrogen and oxygen atoms in total. The van der Waals surface area contributed by atoms with Crippen molar-refractivity contribution in [3.8, 4) is 17.2 Å². The Labute approximate surface area is 262 Å². The van der Waals surface area contributed by atoms with Crippen LogP contribution < -0.4 is 19.5 Å². The summed E-state index contributed by atoms with van der Waals surface area (Å²) in [7, 11) is 4.66. The van der Waals surface area contributed by atoms with Gasteiger partial charge in [0, 0.05) is 44.2 Å². The average molecular weight is 620 g/mol. The summed E-state index contributed by atoms with van der Waals surface area (Å²) >= 11 is 0. The van der Waals surface area contributed by atoms with Crippen LogP contribution in [0.15, 0.2) is 71.8 Å². The number of hydrogen-bond acceptors (Lipinski definition) is 8. The Hall–Kier alpha value is -4.68. The Morgan fingerprint density at radius 2 is 1.71 bits per heavy atom. The Morgan fingerprint density at radius 3 is 2.42 bits per heavy atom. The van der Waals surface area contributed by atoms with Crippen LogP contribution in [0.25, 0.3) is 0 Å². The zero-order valence-electron chi connectivity index (χ0n) is 25.7. The number of halogens is 1. The molecular formula is C33H38FN5O6. The Morgan fingerprint density at radius 1 is 0.978 bits per heavy atom. The molecule has 5 rings (SSSR count). The molecule has 0 saturated carbocycles. The maximum absolute atomic E-state index is 14.1. The molecule has 0 unspecified atom stereocenters. The predicted octanol–water partition coefficient (Wildman–Crippen LogP) is 4.40. The van der Waals surface area contributed by atoms with E-state index in [-0.39, 0.29) is 18.3 Å². The van der Waals surface area contributed by atoms with Gasteiger partial charge in [0.15, 0.2) is 0 Å². The highest BCUT2D eigenvalue weighted by Gasteiger charge is 2.35. The molecule has 2 aliphatic rings. The molecular weight excluding hydrogens is 581 g/mol. The number of carbonyl (C=O) groups excluding carboxylic acids is 2. The summed E-state index contributed by atoms with van der Waals surface area (Å²) in [6.07, 6.45) is 0.362. The average Bonchev–Trinajstić information content (AvgIpc) is 3.52. The summed E-state index contributed by atoms with van der Waals surface area (Å²) in [4.78, 5) is 31.4. The molecule has 1 saturated heterocycles. The van der Waals surface area contributed by atoms with Crippen LogP contribution in [0.3, 0.4) is 0 Å². The van der Waals surface area contributed by atoms with Gasteiger partial charge in [-0.15, -0.1) is 0 Å². The fourth-order valence-electron chi connectivity index (χ4n) is 5.40. The van der Waals surface area contributed by atoms with Gasteiger partial charge in [0.2, 0.25) is 0 Å². The first-order valence-corrected chi connectivity index (χ1v) is 14.8. The van der Waals surface area contributed by atoms with Gasteiger partial charge in [0.25, 0.3) is 5.91 Å². The number of anilines is 1. The van der Waals surface area contributed by atoms with E-state index in [0.29, 0.717) is 72.5 Å². The first-order valence-electron chi connectivity index (χ1n) is 14.8. The fraction of sp³-hybridized carbons (Fsp3) is 0.364. The number of urea groups is 1. The molecule has 3 aromatic carbocycles. The molecule has 0 bridgehead atoms. The second-order valence-electron chi connectivity index (χ2n) is 10.6. The molecule has 238 valence electrons. The van der Waals surface area contributed by atoms with E-state index in [4.69, 9.17) is 24.0 Å². The second kappa shape index (κ2) is 14.9. The van der Waals surface area contributed by atoms with E-state index in [1.807, 2.05) is 12.1 Å². The highest BCUT2D eigenvalue weighted by Crippen LogP contribution is 2.36. The van der Waals surface area contributed by atoms with Crippen LogP contribution in [0.2, 0.25) is 0 Å². The van der Waals surface area contributed by atoms with Crippen LogP contribution >= 0.6 is 0 Å². The number of amides is 3. The number of ether oxygens (including phenoxy) is 4. The smallest absolute Gasteiger partial charge is 0.322 e. The van der Waals surface area contributed by atoms with Crippen LogP contribution in [-0.2, 0) is 9.53 Å². The number of nitrogens with zero attached hydrogens (tertiary/aromatic N) is 4. The van der Waals surface area contributed by atoms with Gasteiger partial charge in [0.1, 0.15) is 29.6 Å². The molecule has 45 heavy (non-hydrogen) atoms. The van der Waals surface area contributed by atoms with Crippen molar-refractivity contribution in [2.24, 2.45) is 5.10 Å². The quantitative estimate of drug-likeness (QED) is 0.339. The second-order valence-corrected chi connectivity index (χ2v) is 10.6. The Bertz CT molecular complexity index is 1510. The topological polar surface area (TPSA) is 105 Å². The molecule has 1 fully saturated rings. The number of benzene rings is 3. The van der Waals surface area contributed by atoms with Gasteiger partial charge in [-0.3, -0.25) is 9.69 Å². The lowest BCUT2D eigenvalue weighted by molar-refractivity contribution is -0.133. The standard InChI is InChI=1S/C33H38FN5O6/c1-42-25-12-13-26(31(20-25)44-3)28-21-29(23-8-10-24(34)11-9-23)39(36-28)32(40)22-38(15-14-37-16-18-45-19-17-37)33(41)35-27-6-4-5-7-30(27)43-2/h4-13,20,29H,14-19,21-22H2,1-3H3,(H,35,41)/t29-/m0/s1. The monoisotopic (exact) mass is 619 g/mol. The van der Waals surface area contributed by atoms with Crippen molar-refractivity contribution in [2.45, 2.75) is 12.5 Å². The van der Waals surface area contributed by atoms with Crippen LogP contribution in [0.1, 0.15) is 23.6 Å². The van der Waals surface area contributed by atoms with E-state index in [9.17, 15) is 14.0 Å². The van der Waals surface area contributed by atoms with Crippen molar-refractivity contribution < 1.29 is 32.9 Å². The summed E-state index contributed by atoms with van der Waals surface area (Å²) in [6, 6.07) is 17.5. The molecule has 2 heterocycles. The van der Waals surface area contributed by atoms with Gasteiger partial charge >= 0.3 is 6.03 Å². The maximum atomic E-state index is 14.1. The molecule has 0 radical (unpaired) electrons. The molecule has 0 aromatic heterocycles. The minimum atomic E-state index is -0.515. The van der Waals surface area contributed by atoms with Gasteiger partial charge in [-0.1, -0.05) is 24.3 Å². The van der Waals surface area contributed by atoms with E-state index < -0.39 is 12.1 Å². The third-order valence-corrected chi connectivity index (χ3v) is 7.89. The van der Waals surface area contributed by atoms with Crippen molar-refractivity contribution >= 4 is 23.3 Å². The number of methoxy groups -OCH3 is 3. The van der Waals surface area contributed by atoms with Gasteiger partial charge in [-0.05, 0) is 42.0 Å². The van der Waals surface area contributed by atoms with E-state index >= 15 is 0 Å². The molecule has 12 heteroatoms. The highest BCUT2D eigenvalue weighted by atomic mass is 19.1. The number of para-hydroxylation sites is 2. The number of hydrazone groups is 1. The number of nitrogens with one attached hydrogen (secondary N) is 1. The van der Waals surface area contributed by atoms with Crippen molar-refractivity contribution in [3.05, 3.63) is 83.7 Å². The summed E-state index contributed by atoms with van der Waals surface area (Å²) in [6.45, 7) is 3.34. The third kappa shape index (κ3) is 7.70. The zero-order valence-corrected chi connectivity index (χ0v) is 25.7. The van der Waals surface area contributed by atoms with Crippen molar-refractivity contribution in [2.75, 3.05) is 72.6 Å². The normalized spacial score (nSPS) is 16.6. The lowest BCUT2D eigenvalue weighted by Gasteiger charge is -2.31. The lowest BCUT2D eigenvalue weighted by atomic mass is 9.97. The summed E-state index contributed by atoms with van der Waals surface area (Å²) in [5.41, 5.74) is 2.54. The number of rotatable bonds is 11. The lowest BCUT2D eigenvalue weighted by Crippen LogP contribution is -2.47. The summed E-state index contributed by atoms with van der Waals surface area (Å²) in [5, 5.41) is 9.05. The fourth-order valence-corrected chi connectivity index (χ4v) is 5.40. The van der Waals surface area contributed by atoms with Crippen LogP contribution in [0, 0.1) is 5.82 Å². The van der Waals surface area contributed by atoms with Crippen molar-refractivity contribution in [1.82, 2.24) is 14.8 Å². The molecule has 1 N–H and O–H groups in total. The molecule has 1 atom stereocenters. The van der Waals surface area contributed by atoms with E-state index in [1.165, 1.54) is 29.2 Å². The highest BCUT2D eigenvalue weighted by molar-refractivity contribution is 6.05.